The number of para-hydroxylation sites is 1. The van der Waals surface area contributed by atoms with Gasteiger partial charge in [-0.3, -0.25) is 19.8 Å². The molecule has 0 aromatic heterocycles. The van der Waals surface area contributed by atoms with Crippen molar-refractivity contribution >= 4 is 30.0 Å². The van der Waals surface area contributed by atoms with Gasteiger partial charge in [0.15, 0.2) is 5.78 Å². The monoisotopic (exact) mass is 432 g/mol. The van der Waals surface area contributed by atoms with Crippen LogP contribution < -0.4 is 4.74 Å². The number of morpholine rings is 1. The number of carbonyl (C=O) groups excluding carboxylic acids is 1. The predicted molar refractivity (Wildman–Crippen MR) is 118 cm³/mol. The average Bonchev–Trinajstić information content (AvgIpc) is 2.76. The Hall–Kier alpha value is -2.74. The number of hydrogen-bond donors (Lipinski definition) is 0. The normalized spacial score (nSPS) is 14.3. The molecular weight excluding hydrogens is 408 g/mol. The number of nitro groups is 1. The smallest absolute Gasteiger partial charge is 0.276 e. The highest BCUT2D eigenvalue weighted by atomic mass is 35.5. The molecule has 0 amide bonds. The third kappa shape index (κ3) is 6.95. The van der Waals surface area contributed by atoms with Gasteiger partial charge in [-0.2, -0.15) is 0 Å². The second-order valence-electron chi connectivity index (χ2n) is 6.69. The van der Waals surface area contributed by atoms with Crippen LogP contribution >= 0.6 is 12.4 Å². The second-order valence-corrected chi connectivity index (χ2v) is 6.69. The number of nitrogens with zero attached hydrogens (tertiary/aromatic N) is 2. The minimum atomic E-state index is -0.463. The number of ether oxygens (including phenoxy) is 2. The molecule has 0 bridgehead atoms. The van der Waals surface area contributed by atoms with Crippen LogP contribution in [0.25, 0.3) is 6.08 Å². The van der Waals surface area contributed by atoms with Crippen LogP contribution in [0.15, 0.2) is 54.6 Å². The number of rotatable bonds is 9. The molecule has 1 fully saturated rings. The van der Waals surface area contributed by atoms with Crippen LogP contribution in [0, 0.1) is 10.1 Å². The quantitative estimate of drug-likeness (QED) is 0.196. The van der Waals surface area contributed by atoms with E-state index in [4.69, 9.17) is 9.47 Å². The van der Waals surface area contributed by atoms with Gasteiger partial charge < -0.3 is 9.47 Å². The zero-order valence-electron chi connectivity index (χ0n) is 16.6. The van der Waals surface area contributed by atoms with Gasteiger partial charge in [0.1, 0.15) is 5.75 Å². The van der Waals surface area contributed by atoms with E-state index in [0.29, 0.717) is 23.5 Å². The van der Waals surface area contributed by atoms with Crippen molar-refractivity contribution in [2.24, 2.45) is 0 Å². The predicted octanol–water partition coefficient (Wildman–Crippen LogP) is 4.01. The summed E-state index contributed by atoms with van der Waals surface area (Å²) in [5, 5.41) is 11.0. The van der Waals surface area contributed by atoms with Gasteiger partial charge in [0, 0.05) is 31.3 Å². The maximum absolute atomic E-state index is 12.3. The largest absolute Gasteiger partial charge is 0.494 e. The Bertz CT molecular complexity index is 864. The lowest BCUT2D eigenvalue weighted by atomic mass is 10.1. The molecular formula is C22H25ClN2O5. The molecule has 1 saturated heterocycles. The lowest BCUT2D eigenvalue weighted by Gasteiger charge is -2.26. The standard InChI is InChI=1S/C22H24N2O5.ClH/c25-22(11-8-18-4-1-2-5-21(18)24(26)27)19-6-9-20(10-7-19)29-15-3-12-23-13-16-28-17-14-23;/h1-2,4-11H,3,12-17H2;1H/b11-8+;. The molecule has 2 aromatic carbocycles. The third-order valence-corrected chi connectivity index (χ3v) is 4.68. The SMILES string of the molecule is Cl.O=C(/C=C/c1ccccc1[N+](=O)[O-])c1ccc(OCCCN2CCOCC2)cc1. The van der Waals surface area contributed by atoms with E-state index < -0.39 is 4.92 Å². The summed E-state index contributed by atoms with van der Waals surface area (Å²) < 4.78 is 11.1. The molecule has 7 nitrogen and oxygen atoms in total. The topological polar surface area (TPSA) is 81.9 Å². The van der Waals surface area contributed by atoms with Crippen LogP contribution in [0.3, 0.4) is 0 Å². The van der Waals surface area contributed by atoms with Gasteiger partial charge in [-0.15, -0.1) is 12.4 Å². The molecule has 1 aliphatic rings. The summed E-state index contributed by atoms with van der Waals surface area (Å²) >= 11 is 0. The zero-order valence-corrected chi connectivity index (χ0v) is 17.4. The molecule has 30 heavy (non-hydrogen) atoms. The van der Waals surface area contributed by atoms with E-state index >= 15 is 0 Å². The summed E-state index contributed by atoms with van der Waals surface area (Å²) in [6, 6.07) is 13.2. The van der Waals surface area contributed by atoms with Gasteiger partial charge in [-0.1, -0.05) is 12.1 Å². The number of halogens is 1. The summed E-state index contributed by atoms with van der Waals surface area (Å²) in [5.74, 6) is 0.494. The molecule has 0 unspecified atom stereocenters. The van der Waals surface area contributed by atoms with Gasteiger partial charge in [-0.25, -0.2) is 0 Å². The van der Waals surface area contributed by atoms with Crippen molar-refractivity contribution < 1.29 is 19.2 Å². The fraction of sp³-hybridized carbons (Fsp3) is 0.318. The van der Waals surface area contributed by atoms with Crippen molar-refractivity contribution in [2.45, 2.75) is 6.42 Å². The van der Waals surface area contributed by atoms with Gasteiger partial charge in [-0.05, 0) is 48.9 Å². The Labute approximate surface area is 181 Å². The molecule has 0 N–H and O–H groups in total. The number of allylic oxidation sites excluding steroid dienone is 1. The first-order valence-electron chi connectivity index (χ1n) is 9.62. The molecule has 160 valence electrons. The van der Waals surface area contributed by atoms with Crippen LogP contribution in [0.1, 0.15) is 22.3 Å². The second kappa shape index (κ2) is 12.1. The van der Waals surface area contributed by atoms with Crippen LogP contribution in [-0.4, -0.2) is 55.1 Å². The number of benzene rings is 2. The van der Waals surface area contributed by atoms with Crippen molar-refractivity contribution in [1.29, 1.82) is 0 Å². The zero-order chi connectivity index (χ0) is 20.5. The Morgan fingerprint density at radius 1 is 1.13 bits per heavy atom. The first-order chi connectivity index (χ1) is 14.1. The highest BCUT2D eigenvalue weighted by molar-refractivity contribution is 6.07. The molecule has 8 heteroatoms. The summed E-state index contributed by atoms with van der Waals surface area (Å²) in [4.78, 5) is 25.3. The van der Waals surface area contributed by atoms with Crippen LogP contribution in [0.4, 0.5) is 5.69 Å². The Kier molecular flexibility index (Phi) is 9.47. The molecule has 0 spiro atoms. The maximum Gasteiger partial charge on any atom is 0.276 e. The van der Waals surface area contributed by atoms with Gasteiger partial charge in [0.05, 0.1) is 30.3 Å². The van der Waals surface area contributed by atoms with Crippen molar-refractivity contribution in [1.82, 2.24) is 4.90 Å². The molecule has 2 aromatic rings. The van der Waals surface area contributed by atoms with Gasteiger partial charge in [0.2, 0.25) is 0 Å². The minimum Gasteiger partial charge on any atom is -0.494 e. The fourth-order valence-electron chi connectivity index (χ4n) is 3.07. The molecule has 0 radical (unpaired) electrons. The minimum absolute atomic E-state index is 0. The van der Waals surface area contributed by atoms with E-state index in [1.807, 2.05) is 0 Å². The number of hydrogen-bond acceptors (Lipinski definition) is 6. The average molecular weight is 433 g/mol. The Morgan fingerprint density at radius 2 is 1.83 bits per heavy atom. The van der Waals surface area contributed by atoms with Crippen molar-refractivity contribution in [2.75, 3.05) is 39.5 Å². The van der Waals surface area contributed by atoms with Crippen LogP contribution in [-0.2, 0) is 4.74 Å². The summed E-state index contributed by atoms with van der Waals surface area (Å²) in [6.07, 6.45) is 3.75. The summed E-state index contributed by atoms with van der Waals surface area (Å²) in [6.45, 7) is 5.12. The molecule has 3 rings (SSSR count). The van der Waals surface area contributed by atoms with Crippen molar-refractivity contribution in [3.05, 3.63) is 75.8 Å². The summed E-state index contributed by atoms with van der Waals surface area (Å²) in [5.41, 5.74) is 0.865. The lowest BCUT2D eigenvalue weighted by molar-refractivity contribution is -0.385. The molecule has 1 aliphatic heterocycles. The Balaban J connectivity index is 0.00000320. The highest BCUT2D eigenvalue weighted by Gasteiger charge is 2.11. The van der Waals surface area contributed by atoms with E-state index in [-0.39, 0.29) is 23.9 Å². The van der Waals surface area contributed by atoms with E-state index in [2.05, 4.69) is 4.90 Å². The van der Waals surface area contributed by atoms with Crippen LogP contribution in [0.2, 0.25) is 0 Å². The van der Waals surface area contributed by atoms with Crippen LogP contribution in [0.5, 0.6) is 5.75 Å². The van der Waals surface area contributed by atoms with E-state index in [1.54, 1.807) is 42.5 Å². The molecule has 0 atom stereocenters. The van der Waals surface area contributed by atoms with E-state index in [9.17, 15) is 14.9 Å². The van der Waals surface area contributed by atoms with E-state index in [1.165, 1.54) is 18.2 Å². The van der Waals surface area contributed by atoms with Gasteiger partial charge in [0.25, 0.3) is 5.69 Å². The first kappa shape index (κ1) is 23.5. The third-order valence-electron chi connectivity index (χ3n) is 4.68. The van der Waals surface area contributed by atoms with E-state index in [0.717, 1.165) is 39.3 Å². The fourth-order valence-corrected chi connectivity index (χ4v) is 3.07. The first-order valence-corrected chi connectivity index (χ1v) is 9.62. The van der Waals surface area contributed by atoms with Crippen molar-refractivity contribution in [3.8, 4) is 5.75 Å². The Morgan fingerprint density at radius 3 is 2.53 bits per heavy atom. The molecule has 0 saturated carbocycles. The highest BCUT2D eigenvalue weighted by Crippen LogP contribution is 2.20. The lowest BCUT2D eigenvalue weighted by Crippen LogP contribution is -2.37. The maximum atomic E-state index is 12.3. The number of ketones is 1. The van der Waals surface area contributed by atoms with Gasteiger partial charge >= 0.3 is 0 Å². The van der Waals surface area contributed by atoms with Crippen molar-refractivity contribution in [3.63, 3.8) is 0 Å². The molecule has 0 aliphatic carbocycles. The number of nitro benzene ring substituents is 1. The number of carbonyl (C=O) groups is 1. The molecule has 1 heterocycles. The summed E-state index contributed by atoms with van der Waals surface area (Å²) in [7, 11) is 0.